The topological polar surface area (TPSA) is 26.0 Å². The smallest absolute Gasteiger partial charge is 0.00773 e. The quantitative estimate of drug-likeness (QED) is 0.258. The molecule has 0 saturated heterocycles. The molecule has 0 aromatic heterocycles. The van der Waals surface area contributed by atoms with Crippen LogP contribution < -0.4 is 5.73 Å². The van der Waals surface area contributed by atoms with Crippen LogP contribution in [0.5, 0.6) is 0 Å². The predicted molar refractivity (Wildman–Crippen MR) is 93.1 cm³/mol. The lowest BCUT2D eigenvalue weighted by Gasteiger charge is -2.03. The molecule has 0 aromatic rings. The summed E-state index contributed by atoms with van der Waals surface area (Å²) >= 11 is 0. The Morgan fingerprint density at radius 1 is 0.600 bits per heavy atom. The van der Waals surface area contributed by atoms with E-state index in [4.69, 9.17) is 5.73 Å². The van der Waals surface area contributed by atoms with E-state index in [0.717, 1.165) is 6.54 Å². The summed E-state index contributed by atoms with van der Waals surface area (Å²) < 4.78 is 0. The molecule has 0 amide bonds. The lowest BCUT2D eigenvalue weighted by Crippen LogP contribution is -1.97. The zero-order valence-corrected chi connectivity index (χ0v) is 14.1. The van der Waals surface area contributed by atoms with Crippen molar-refractivity contribution < 1.29 is 0 Å². The minimum absolute atomic E-state index is 0.868. The zero-order chi connectivity index (χ0) is 14.9. The van der Waals surface area contributed by atoms with Crippen LogP contribution in [0.1, 0.15) is 103 Å². The van der Waals surface area contributed by atoms with E-state index >= 15 is 0 Å². The van der Waals surface area contributed by atoms with E-state index in [1.807, 2.05) is 0 Å². The highest BCUT2D eigenvalue weighted by atomic mass is 14.5. The average Bonchev–Trinajstić information content (AvgIpc) is 2.43. The van der Waals surface area contributed by atoms with Crippen LogP contribution in [0.25, 0.3) is 0 Å². The molecule has 0 atom stereocenters. The number of nitrogens with two attached hydrogens (primary N) is 1. The average molecular weight is 282 g/mol. The highest BCUT2D eigenvalue weighted by Gasteiger charge is 1.94. The van der Waals surface area contributed by atoms with Crippen LogP contribution in [0.2, 0.25) is 0 Å². The summed E-state index contributed by atoms with van der Waals surface area (Å²) in [5, 5.41) is 0. The monoisotopic (exact) mass is 281 g/mol. The highest BCUT2D eigenvalue weighted by Crippen LogP contribution is 2.14. The maximum Gasteiger partial charge on any atom is -0.00773 e. The Kier molecular flexibility index (Phi) is 16.5. The molecule has 20 heavy (non-hydrogen) atoms. The molecule has 0 radical (unpaired) electrons. The Morgan fingerprint density at radius 2 is 0.900 bits per heavy atom. The normalized spacial score (nSPS) is 10.9. The fourth-order valence-electron chi connectivity index (χ4n) is 2.69. The maximum atomic E-state index is 5.49. The largest absolute Gasteiger partial charge is 0.330 e. The van der Waals surface area contributed by atoms with Gasteiger partial charge in [-0.15, -0.1) is 6.58 Å². The van der Waals surface area contributed by atoms with Crippen molar-refractivity contribution in [2.75, 3.05) is 6.54 Å². The molecule has 1 nitrogen and oxygen atoms in total. The lowest BCUT2D eigenvalue weighted by atomic mass is 10.0. The number of hydrogen-bond acceptors (Lipinski definition) is 1. The van der Waals surface area contributed by atoms with E-state index in [-0.39, 0.29) is 0 Å². The van der Waals surface area contributed by atoms with Gasteiger partial charge in [0.15, 0.2) is 0 Å². The van der Waals surface area contributed by atoms with Gasteiger partial charge >= 0.3 is 0 Å². The molecular formula is C19H39N. The van der Waals surface area contributed by atoms with Crippen LogP contribution in [0.3, 0.4) is 0 Å². The number of allylic oxidation sites excluding steroid dienone is 1. The van der Waals surface area contributed by atoms with Gasteiger partial charge in [-0.2, -0.15) is 0 Å². The second-order valence-electron chi connectivity index (χ2n) is 6.45. The fraction of sp³-hybridized carbons (Fsp3) is 0.895. The Labute approximate surface area is 128 Å². The first-order valence-corrected chi connectivity index (χ1v) is 9.12. The highest BCUT2D eigenvalue weighted by molar-refractivity contribution is 4.86. The molecule has 0 aliphatic rings. The van der Waals surface area contributed by atoms with Crippen molar-refractivity contribution in [3.05, 3.63) is 12.2 Å². The van der Waals surface area contributed by atoms with Crippen molar-refractivity contribution >= 4 is 0 Å². The van der Waals surface area contributed by atoms with Gasteiger partial charge in [0, 0.05) is 0 Å². The molecule has 0 saturated carbocycles. The molecule has 0 unspecified atom stereocenters. The van der Waals surface area contributed by atoms with E-state index in [2.05, 4.69) is 13.5 Å². The Bertz CT molecular complexity index is 198. The predicted octanol–water partition coefficient (Wildman–Crippen LogP) is 6.37. The van der Waals surface area contributed by atoms with Crippen LogP contribution in [0, 0.1) is 0 Å². The standard InChI is InChI=1S/C19H39N/c1-19(2)17-15-13-11-9-7-5-3-4-6-8-10-12-14-16-18-20/h1,3-18,20H2,2H3. The van der Waals surface area contributed by atoms with Crippen molar-refractivity contribution in [1.29, 1.82) is 0 Å². The Hall–Kier alpha value is -0.300. The van der Waals surface area contributed by atoms with Gasteiger partial charge in [0.1, 0.15) is 0 Å². The van der Waals surface area contributed by atoms with E-state index in [9.17, 15) is 0 Å². The zero-order valence-electron chi connectivity index (χ0n) is 14.1. The third-order valence-corrected chi connectivity index (χ3v) is 4.06. The van der Waals surface area contributed by atoms with Gasteiger partial charge in [0.2, 0.25) is 0 Å². The summed E-state index contributed by atoms with van der Waals surface area (Å²) in [5.74, 6) is 0. The summed E-state index contributed by atoms with van der Waals surface area (Å²) in [4.78, 5) is 0. The lowest BCUT2D eigenvalue weighted by molar-refractivity contribution is 0.534. The molecule has 0 spiro atoms. The number of rotatable bonds is 16. The third-order valence-electron chi connectivity index (χ3n) is 4.06. The minimum atomic E-state index is 0.868. The van der Waals surface area contributed by atoms with Crippen molar-refractivity contribution in [1.82, 2.24) is 0 Å². The van der Waals surface area contributed by atoms with Gasteiger partial charge in [-0.1, -0.05) is 82.6 Å². The summed E-state index contributed by atoms with van der Waals surface area (Å²) in [7, 11) is 0. The van der Waals surface area contributed by atoms with Crippen molar-refractivity contribution in [3.63, 3.8) is 0 Å². The molecule has 0 rings (SSSR count). The maximum absolute atomic E-state index is 5.49. The number of unbranched alkanes of at least 4 members (excludes halogenated alkanes) is 13. The second-order valence-corrected chi connectivity index (χ2v) is 6.45. The van der Waals surface area contributed by atoms with E-state index in [1.165, 1.54) is 102 Å². The first-order valence-electron chi connectivity index (χ1n) is 9.12. The molecule has 0 bridgehead atoms. The molecule has 0 aliphatic heterocycles. The first kappa shape index (κ1) is 19.7. The number of hydrogen-bond donors (Lipinski definition) is 1. The van der Waals surface area contributed by atoms with Crippen molar-refractivity contribution in [2.24, 2.45) is 5.73 Å². The van der Waals surface area contributed by atoms with E-state index < -0.39 is 0 Å². The van der Waals surface area contributed by atoms with Crippen LogP contribution >= 0.6 is 0 Å². The van der Waals surface area contributed by atoms with Gasteiger partial charge in [0.25, 0.3) is 0 Å². The van der Waals surface area contributed by atoms with Crippen LogP contribution in [0.4, 0.5) is 0 Å². The van der Waals surface area contributed by atoms with Crippen molar-refractivity contribution in [2.45, 2.75) is 103 Å². The van der Waals surface area contributed by atoms with Gasteiger partial charge < -0.3 is 5.73 Å². The molecule has 120 valence electrons. The third kappa shape index (κ3) is 17.7. The molecule has 1 heteroatoms. The van der Waals surface area contributed by atoms with Gasteiger partial charge in [0.05, 0.1) is 0 Å². The molecule has 2 N–H and O–H groups in total. The summed E-state index contributed by atoms with van der Waals surface area (Å²) in [5.41, 5.74) is 6.83. The second kappa shape index (κ2) is 16.8. The summed E-state index contributed by atoms with van der Waals surface area (Å²) in [6.07, 6.45) is 20.9. The minimum Gasteiger partial charge on any atom is -0.330 e. The van der Waals surface area contributed by atoms with Gasteiger partial charge in [-0.3, -0.25) is 0 Å². The van der Waals surface area contributed by atoms with Crippen LogP contribution in [-0.2, 0) is 0 Å². The fourth-order valence-corrected chi connectivity index (χ4v) is 2.69. The first-order chi connectivity index (χ1) is 9.77. The Balaban J connectivity index is 2.94. The van der Waals surface area contributed by atoms with Gasteiger partial charge in [-0.25, -0.2) is 0 Å². The van der Waals surface area contributed by atoms with Crippen molar-refractivity contribution in [3.8, 4) is 0 Å². The molecule has 0 aromatic carbocycles. The van der Waals surface area contributed by atoms with Crippen LogP contribution in [0.15, 0.2) is 12.2 Å². The molecule has 0 aliphatic carbocycles. The van der Waals surface area contributed by atoms with Crippen LogP contribution in [-0.4, -0.2) is 6.54 Å². The van der Waals surface area contributed by atoms with E-state index in [1.54, 1.807) is 0 Å². The Morgan fingerprint density at radius 3 is 1.20 bits per heavy atom. The summed E-state index contributed by atoms with van der Waals surface area (Å²) in [6.45, 7) is 6.96. The molecular weight excluding hydrogens is 242 g/mol. The van der Waals surface area contributed by atoms with Gasteiger partial charge in [-0.05, 0) is 32.7 Å². The molecule has 0 fully saturated rings. The SMILES string of the molecule is C=C(C)CCCCCCCCCCCCCCCCN. The van der Waals surface area contributed by atoms with E-state index in [0.29, 0.717) is 0 Å². The molecule has 0 heterocycles. The summed E-state index contributed by atoms with van der Waals surface area (Å²) in [6, 6.07) is 0.